The van der Waals surface area contributed by atoms with Crippen molar-refractivity contribution in [1.82, 2.24) is 19.9 Å². The summed E-state index contributed by atoms with van der Waals surface area (Å²) in [6.07, 6.45) is 1.62. The van der Waals surface area contributed by atoms with Crippen LogP contribution >= 0.6 is 0 Å². The van der Waals surface area contributed by atoms with Gasteiger partial charge in [-0.1, -0.05) is 0 Å². The van der Waals surface area contributed by atoms with E-state index >= 15 is 0 Å². The van der Waals surface area contributed by atoms with Gasteiger partial charge in [-0.2, -0.15) is 0 Å². The van der Waals surface area contributed by atoms with Gasteiger partial charge in [-0.3, -0.25) is 0 Å². The van der Waals surface area contributed by atoms with Crippen LogP contribution in [0.4, 0.5) is 17.1 Å². The van der Waals surface area contributed by atoms with Crippen molar-refractivity contribution in [2.45, 2.75) is 6.92 Å². The number of benzene rings is 2. The fraction of sp³-hybridized carbons (Fsp3) is 0.273. The standard InChI is InChI=1S/C22H24N6/c1-15-13-20(21-18(25-15)7-8-19-22(21)24-14-23-19)26-16-3-5-17(6-4-16)28-11-9-27(2)10-12-28/h3-8,13-14,25-26H,9-12H2,1-2H3. The number of nitrogens with one attached hydrogen (secondary N) is 2. The molecule has 6 heteroatoms. The predicted molar refractivity (Wildman–Crippen MR) is 116 cm³/mol. The molecule has 6 nitrogen and oxygen atoms in total. The molecular weight excluding hydrogens is 348 g/mol. The largest absolute Gasteiger partial charge is 0.369 e. The van der Waals surface area contributed by atoms with E-state index in [2.05, 4.69) is 80.4 Å². The summed E-state index contributed by atoms with van der Waals surface area (Å²) in [5, 5.41) is 4.67. The summed E-state index contributed by atoms with van der Waals surface area (Å²) in [4.78, 5) is 17.1. The number of fused-ring (bicyclic) bond motifs is 3. The maximum Gasteiger partial charge on any atom is 0.116 e. The van der Waals surface area contributed by atoms with Crippen molar-refractivity contribution in [2.75, 3.05) is 43.4 Å². The Balaban J connectivity index is 1.47. The van der Waals surface area contributed by atoms with Crippen LogP contribution < -0.4 is 10.2 Å². The highest BCUT2D eigenvalue weighted by atomic mass is 15.2. The lowest BCUT2D eigenvalue weighted by Gasteiger charge is -2.34. The van der Waals surface area contributed by atoms with E-state index < -0.39 is 0 Å². The molecule has 1 aliphatic rings. The minimum Gasteiger partial charge on any atom is -0.369 e. The second kappa shape index (κ2) is 6.80. The molecule has 28 heavy (non-hydrogen) atoms. The van der Waals surface area contributed by atoms with Crippen LogP contribution in [0.1, 0.15) is 5.69 Å². The fourth-order valence-electron chi connectivity index (χ4n) is 3.95. The number of aromatic nitrogens is 3. The molecule has 1 fully saturated rings. The van der Waals surface area contributed by atoms with Gasteiger partial charge in [-0.25, -0.2) is 9.97 Å². The number of imidazole rings is 1. The van der Waals surface area contributed by atoms with E-state index in [0.717, 1.165) is 65.2 Å². The second-order valence-corrected chi connectivity index (χ2v) is 7.56. The molecule has 3 heterocycles. The lowest BCUT2D eigenvalue weighted by atomic mass is 10.1. The third-order valence-corrected chi connectivity index (χ3v) is 5.52. The van der Waals surface area contributed by atoms with Crippen LogP contribution in [0.3, 0.4) is 0 Å². The Morgan fingerprint density at radius 1 is 0.964 bits per heavy atom. The molecule has 0 unspecified atom stereocenters. The quantitative estimate of drug-likeness (QED) is 0.571. The molecule has 2 aromatic heterocycles. The third-order valence-electron chi connectivity index (χ3n) is 5.52. The number of piperazine rings is 1. The van der Waals surface area contributed by atoms with E-state index in [0.29, 0.717) is 0 Å². The number of rotatable bonds is 3. The van der Waals surface area contributed by atoms with Crippen LogP contribution in [0, 0.1) is 6.92 Å². The molecule has 2 N–H and O–H groups in total. The number of pyridine rings is 1. The van der Waals surface area contributed by atoms with Crippen LogP contribution in [0.5, 0.6) is 0 Å². The van der Waals surface area contributed by atoms with Crippen molar-refractivity contribution < 1.29 is 0 Å². The van der Waals surface area contributed by atoms with Crippen LogP contribution in [-0.4, -0.2) is 53.1 Å². The Hall–Kier alpha value is -3.12. The molecule has 5 rings (SSSR count). The van der Waals surface area contributed by atoms with E-state index in [1.54, 1.807) is 6.33 Å². The van der Waals surface area contributed by atoms with Gasteiger partial charge in [0.15, 0.2) is 0 Å². The second-order valence-electron chi connectivity index (χ2n) is 7.56. The molecule has 0 bridgehead atoms. The summed E-state index contributed by atoms with van der Waals surface area (Å²) in [5.41, 5.74) is 7.40. The first-order valence-corrected chi connectivity index (χ1v) is 9.71. The normalized spacial score (nSPS) is 15.4. The number of H-pyrrole nitrogens is 1. The van der Waals surface area contributed by atoms with Crippen molar-refractivity contribution in [3.8, 4) is 0 Å². The van der Waals surface area contributed by atoms with Crippen LogP contribution in [0.25, 0.3) is 21.9 Å². The summed E-state index contributed by atoms with van der Waals surface area (Å²) in [7, 11) is 2.18. The molecule has 0 spiro atoms. The maximum absolute atomic E-state index is 4.48. The zero-order valence-electron chi connectivity index (χ0n) is 16.2. The Morgan fingerprint density at radius 2 is 1.75 bits per heavy atom. The molecule has 2 aromatic carbocycles. The number of nitrogens with zero attached hydrogens (tertiary/aromatic N) is 4. The Kier molecular flexibility index (Phi) is 4.13. The summed E-state index contributed by atoms with van der Waals surface area (Å²) in [6, 6.07) is 14.9. The summed E-state index contributed by atoms with van der Waals surface area (Å²) < 4.78 is 0. The zero-order chi connectivity index (χ0) is 19.1. The molecular formula is C22H24N6. The molecule has 1 saturated heterocycles. The average Bonchev–Trinajstić information content (AvgIpc) is 3.18. The van der Waals surface area contributed by atoms with E-state index in [-0.39, 0.29) is 0 Å². The van der Waals surface area contributed by atoms with Crippen molar-refractivity contribution in [2.24, 2.45) is 0 Å². The van der Waals surface area contributed by atoms with Gasteiger partial charge in [-0.05, 0) is 56.4 Å². The van der Waals surface area contributed by atoms with E-state index in [1.807, 2.05) is 6.07 Å². The maximum atomic E-state index is 4.48. The van der Waals surface area contributed by atoms with Crippen LogP contribution in [0.2, 0.25) is 0 Å². The van der Waals surface area contributed by atoms with E-state index in [9.17, 15) is 0 Å². The third kappa shape index (κ3) is 3.05. The number of anilines is 3. The molecule has 1 aliphatic heterocycles. The highest BCUT2D eigenvalue weighted by molar-refractivity contribution is 6.10. The molecule has 142 valence electrons. The SMILES string of the molecule is Cc1cc(Nc2ccc(N3CCN(C)CC3)cc2)c2c(ccc3ncnc32)[nH]1. The molecule has 4 aromatic rings. The summed E-state index contributed by atoms with van der Waals surface area (Å²) in [6.45, 7) is 6.46. The minimum atomic E-state index is 0.915. The molecule has 0 aliphatic carbocycles. The molecule has 0 saturated carbocycles. The van der Waals surface area contributed by atoms with Gasteiger partial charge in [0.05, 0.1) is 11.2 Å². The summed E-state index contributed by atoms with van der Waals surface area (Å²) in [5.74, 6) is 0. The first-order chi connectivity index (χ1) is 13.7. The Labute approximate surface area is 164 Å². The van der Waals surface area contributed by atoms with E-state index in [1.165, 1.54) is 5.69 Å². The lowest BCUT2D eigenvalue weighted by molar-refractivity contribution is 0.313. The summed E-state index contributed by atoms with van der Waals surface area (Å²) >= 11 is 0. The first kappa shape index (κ1) is 17.0. The molecule has 0 atom stereocenters. The topological polar surface area (TPSA) is 60.1 Å². The fourth-order valence-corrected chi connectivity index (χ4v) is 3.95. The number of hydrogen-bond acceptors (Lipinski definition) is 5. The zero-order valence-corrected chi connectivity index (χ0v) is 16.2. The molecule has 0 radical (unpaired) electrons. The van der Waals surface area contributed by atoms with Gasteiger partial charge in [0, 0.05) is 54.2 Å². The van der Waals surface area contributed by atoms with Crippen molar-refractivity contribution in [1.29, 1.82) is 0 Å². The number of hydrogen-bond donors (Lipinski definition) is 2. The Morgan fingerprint density at radius 3 is 2.54 bits per heavy atom. The van der Waals surface area contributed by atoms with Crippen molar-refractivity contribution in [3.05, 3.63) is 54.5 Å². The monoisotopic (exact) mass is 372 g/mol. The van der Waals surface area contributed by atoms with Gasteiger partial charge in [0.25, 0.3) is 0 Å². The lowest BCUT2D eigenvalue weighted by Crippen LogP contribution is -2.44. The minimum absolute atomic E-state index is 0.915. The highest BCUT2D eigenvalue weighted by Gasteiger charge is 2.14. The average molecular weight is 372 g/mol. The van der Waals surface area contributed by atoms with Crippen molar-refractivity contribution in [3.63, 3.8) is 0 Å². The molecule has 0 amide bonds. The van der Waals surface area contributed by atoms with Gasteiger partial charge in [-0.15, -0.1) is 0 Å². The number of likely N-dealkylation sites (N-methyl/N-ethyl adjacent to an activating group) is 1. The van der Waals surface area contributed by atoms with Crippen LogP contribution in [-0.2, 0) is 0 Å². The predicted octanol–water partition coefficient (Wildman–Crippen LogP) is 3.91. The highest BCUT2D eigenvalue weighted by Crippen LogP contribution is 2.32. The Bertz CT molecular complexity index is 1120. The van der Waals surface area contributed by atoms with Crippen molar-refractivity contribution >= 4 is 39.0 Å². The smallest absolute Gasteiger partial charge is 0.116 e. The van der Waals surface area contributed by atoms with E-state index in [4.69, 9.17) is 0 Å². The van der Waals surface area contributed by atoms with Gasteiger partial charge >= 0.3 is 0 Å². The number of aromatic amines is 1. The number of aryl methyl sites for hydroxylation is 1. The van der Waals surface area contributed by atoms with Gasteiger partial charge < -0.3 is 20.1 Å². The van der Waals surface area contributed by atoms with Gasteiger partial charge in [0.1, 0.15) is 11.8 Å². The van der Waals surface area contributed by atoms with Gasteiger partial charge in [0.2, 0.25) is 0 Å². The first-order valence-electron chi connectivity index (χ1n) is 9.71. The van der Waals surface area contributed by atoms with Crippen LogP contribution in [0.15, 0.2) is 48.8 Å².